The summed E-state index contributed by atoms with van der Waals surface area (Å²) in [5, 5.41) is 18.9. The first-order valence-electron chi connectivity index (χ1n) is 13.4. The Balaban J connectivity index is 1.77. The van der Waals surface area contributed by atoms with Crippen LogP contribution in [0.2, 0.25) is 0 Å². The number of hydrogen-bond acceptors (Lipinski definition) is 4. The van der Waals surface area contributed by atoms with Crippen molar-refractivity contribution in [2.45, 2.75) is 118 Å². The molecule has 2 aliphatic carbocycles. The fourth-order valence-corrected chi connectivity index (χ4v) is 5.82. The van der Waals surface area contributed by atoms with E-state index in [2.05, 4.69) is 27.7 Å². The second kappa shape index (κ2) is 12.6. The zero-order chi connectivity index (χ0) is 23.8. The van der Waals surface area contributed by atoms with E-state index in [1.807, 2.05) is 0 Å². The predicted octanol–water partition coefficient (Wildman–Crippen LogP) is 6.12. The van der Waals surface area contributed by atoms with Crippen molar-refractivity contribution in [2.24, 2.45) is 34.5 Å². The van der Waals surface area contributed by atoms with Crippen molar-refractivity contribution in [1.82, 2.24) is 0 Å². The summed E-state index contributed by atoms with van der Waals surface area (Å²) in [6.07, 6.45) is 13.9. The van der Waals surface area contributed by atoms with Gasteiger partial charge in [-0.25, -0.2) is 0 Å². The van der Waals surface area contributed by atoms with Crippen LogP contribution in [0.15, 0.2) is 0 Å². The average molecular weight is 451 g/mol. The van der Waals surface area contributed by atoms with E-state index in [0.717, 1.165) is 89.9 Å². The van der Waals surface area contributed by atoms with E-state index < -0.39 is 0 Å². The van der Waals surface area contributed by atoms with Gasteiger partial charge in [0.05, 0.1) is 0 Å². The van der Waals surface area contributed by atoms with Crippen molar-refractivity contribution in [3.63, 3.8) is 0 Å². The summed E-state index contributed by atoms with van der Waals surface area (Å²) < 4.78 is 0. The molecule has 186 valence electrons. The minimum atomic E-state index is -0.0527. The summed E-state index contributed by atoms with van der Waals surface area (Å²) >= 11 is 0. The summed E-state index contributed by atoms with van der Waals surface area (Å²) in [5.41, 5.74) is -0.105. The van der Waals surface area contributed by atoms with Gasteiger partial charge in [0.25, 0.3) is 0 Å². The van der Waals surface area contributed by atoms with E-state index in [-0.39, 0.29) is 47.7 Å². The van der Waals surface area contributed by atoms with Gasteiger partial charge in [-0.15, -0.1) is 0 Å². The van der Waals surface area contributed by atoms with Crippen LogP contribution in [0.25, 0.3) is 0 Å². The van der Waals surface area contributed by atoms with Crippen LogP contribution in [0, 0.1) is 34.5 Å². The monoisotopic (exact) mass is 450 g/mol. The maximum atomic E-state index is 13.1. The molecule has 0 aromatic carbocycles. The zero-order valence-corrected chi connectivity index (χ0v) is 21.3. The maximum Gasteiger partial charge on any atom is 0.139 e. The van der Waals surface area contributed by atoms with Crippen LogP contribution in [0.1, 0.15) is 118 Å². The molecule has 4 nitrogen and oxygen atoms in total. The molecule has 4 heteroatoms. The van der Waals surface area contributed by atoms with Gasteiger partial charge in [-0.3, -0.25) is 9.59 Å². The Bertz CT molecular complexity index is 542. The number of rotatable bonds is 13. The number of ketones is 2. The molecule has 32 heavy (non-hydrogen) atoms. The van der Waals surface area contributed by atoms with Gasteiger partial charge in [-0.05, 0) is 75.0 Å². The van der Waals surface area contributed by atoms with E-state index in [1.54, 1.807) is 0 Å². The highest BCUT2D eigenvalue weighted by Gasteiger charge is 2.35. The molecular weight excluding hydrogens is 400 g/mol. The molecule has 0 bridgehead atoms. The second-order valence-corrected chi connectivity index (χ2v) is 12.5. The van der Waals surface area contributed by atoms with Crippen molar-refractivity contribution in [3.8, 4) is 0 Å². The number of aliphatic hydroxyl groups is 2. The molecule has 2 fully saturated rings. The molecule has 0 heterocycles. The number of hydrogen-bond donors (Lipinski definition) is 2. The third kappa shape index (κ3) is 8.56. The molecule has 0 aliphatic heterocycles. The van der Waals surface area contributed by atoms with Crippen LogP contribution in [-0.4, -0.2) is 35.0 Å². The van der Waals surface area contributed by atoms with Crippen LogP contribution < -0.4 is 0 Å². The molecule has 0 spiro atoms. The van der Waals surface area contributed by atoms with Gasteiger partial charge in [0.15, 0.2) is 0 Å². The first-order valence-corrected chi connectivity index (χ1v) is 13.4. The zero-order valence-electron chi connectivity index (χ0n) is 21.3. The summed E-state index contributed by atoms with van der Waals surface area (Å²) in [6.45, 7) is 8.73. The van der Waals surface area contributed by atoms with Crippen LogP contribution in [0.3, 0.4) is 0 Å². The summed E-state index contributed by atoms with van der Waals surface area (Å²) in [7, 11) is 0. The molecule has 0 saturated heterocycles. The Morgan fingerprint density at radius 1 is 0.625 bits per heavy atom. The normalized spacial score (nSPS) is 27.7. The van der Waals surface area contributed by atoms with Crippen LogP contribution in [-0.2, 0) is 9.59 Å². The third-order valence-corrected chi connectivity index (χ3v) is 8.35. The van der Waals surface area contributed by atoms with E-state index in [1.165, 1.54) is 0 Å². The molecule has 0 amide bonds. The highest BCUT2D eigenvalue weighted by atomic mass is 16.3. The van der Waals surface area contributed by atoms with Crippen LogP contribution in [0.4, 0.5) is 0 Å². The van der Waals surface area contributed by atoms with E-state index in [9.17, 15) is 19.8 Å². The van der Waals surface area contributed by atoms with Crippen molar-refractivity contribution < 1.29 is 19.8 Å². The second-order valence-electron chi connectivity index (χ2n) is 12.5. The molecule has 4 atom stereocenters. The van der Waals surface area contributed by atoms with Crippen molar-refractivity contribution >= 4 is 11.6 Å². The lowest BCUT2D eigenvalue weighted by molar-refractivity contribution is -0.132. The fourth-order valence-electron chi connectivity index (χ4n) is 5.82. The highest BCUT2D eigenvalue weighted by Crippen LogP contribution is 2.37. The number of carbonyl (C=O) groups is 2. The minimum absolute atomic E-state index is 0.0527. The molecule has 4 unspecified atom stereocenters. The Morgan fingerprint density at radius 3 is 1.25 bits per heavy atom. The lowest BCUT2D eigenvalue weighted by Gasteiger charge is -2.32. The lowest BCUT2D eigenvalue weighted by Crippen LogP contribution is -2.32. The van der Waals surface area contributed by atoms with Crippen LogP contribution >= 0.6 is 0 Å². The van der Waals surface area contributed by atoms with Crippen molar-refractivity contribution in [1.29, 1.82) is 0 Å². The van der Waals surface area contributed by atoms with Gasteiger partial charge in [-0.1, -0.05) is 53.4 Å². The van der Waals surface area contributed by atoms with E-state index >= 15 is 0 Å². The largest absolute Gasteiger partial charge is 0.396 e. The summed E-state index contributed by atoms with van der Waals surface area (Å²) in [5.74, 6) is 1.57. The Kier molecular flexibility index (Phi) is 10.9. The fraction of sp³-hybridized carbons (Fsp3) is 0.929. The van der Waals surface area contributed by atoms with Gasteiger partial charge >= 0.3 is 0 Å². The Morgan fingerprint density at radius 2 is 0.938 bits per heavy atom. The van der Waals surface area contributed by atoms with Gasteiger partial charge < -0.3 is 10.2 Å². The number of Topliss-reactive ketones (excluding diaryl/α,β-unsaturated/α-hetero) is 2. The van der Waals surface area contributed by atoms with Gasteiger partial charge in [-0.2, -0.15) is 0 Å². The molecule has 2 aliphatic rings. The van der Waals surface area contributed by atoms with Crippen molar-refractivity contribution in [3.05, 3.63) is 0 Å². The molecule has 0 radical (unpaired) electrons. The summed E-state index contributed by atoms with van der Waals surface area (Å²) in [6, 6.07) is 0. The topological polar surface area (TPSA) is 74.6 Å². The SMILES string of the molecule is CC(C)(CO)CCCC1CCCC(CCC2CCCC(CCCC(C)(C)CO)C2=O)C1=O. The standard InChI is InChI=1S/C28H50O4/c1-27(2,19-29)17-7-13-21-9-5-11-23(25(21)31)15-16-24-12-6-10-22(26(24)32)14-8-18-28(3,4)20-30/h21-24,29-30H,5-20H2,1-4H3. The minimum Gasteiger partial charge on any atom is -0.396 e. The Hall–Kier alpha value is -0.740. The predicted molar refractivity (Wildman–Crippen MR) is 130 cm³/mol. The molecule has 0 aromatic heterocycles. The van der Waals surface area contributed by atoms with E-state index in [0.29, 0.717) is 11.6 Å². The van der Waals surface area contributed by atoms with Crippen molar-refractivity contribution in [2.75, 3.05) is 13.2 Å². The molecule has 2 N–H and O–H groups in total. The van der Waals surface area contributed by atoms with Gasteiger partial charge in [0, 0.05) is 36.9 Å². The summed E-state index contributed by atoms with van der Waals surface area (Å²) in [4.78, 5) is 26.2. The Labute approximate surface area is 196 Å². The highest BCUT2D eigenvalue weighted by molar-refractivity contribution is 5.85. The maximum absolute atomic E-state index is 13.1. The molecule has 2 saturated carbocycles. The quantitative estimate of drug-likeness (QED) is 0.355. The average Bonchev–Trinajstić information content (AvgIpc) is 2.76. The van der Waals surface area contributed by atoms with Crippen LogP contribution in [0.5, 0.6) is 0 Å². The lowest BCUT2D eigenvalue weighted by atomic mass is 9.71. The first-order chi connectivity index (χ1) is 15.1. The third-order valence-electron chi connectivity index (χ3n) is 8.35. The number of aliphatic hydroxyl groups excluding tert-OH is 2. The molecule has 2 rings (SSSR count). The van der Waals surface area contributed by atoms with Gasteiger partial charge in [0.1, 0.15) is 11.6 Å². The molecular formula is C28H50O4. The molecule has 0 aromatic rings. The van der Waals surface area contributed by atoms with Gasteiger partial charge in [0.2, 0.25) is 0 Å². The number of carbonyl (C=O) groups excluding carboxylic acids is 2. The first kappa shape index (κ1) is 27.5. The van der Waals surface area contributed by atoms with E-state index in [4.69, 9.17) is 0 Å². The smallest absolute Gasteiger partial charge is 0.139 e.